The number of amides is 1. The molecule has 3 heteroatoms. The number of anilines is 1. The lowest BCUT2D eigenvalue weighted by Crippen LogP contribution is -2.07. The standard InChI is InChI=1S/C15H13NO2/c17-15(16-13-7-3-1-4-8-13)11-12-18-14-9-5-2-6-10-14/h1-12H,(H,16,17)/b12-11-. The third kappa shape index (κ3) is 3.79. The molecule has 0 radical (unpaired) electrons. The minimum atomic E-state index is -0.225. The van der Waals surface area contributed by atoms with E-state index in [1.165, 1.54) is 12.3 Å². The summed E-state index contributed by atoms with van der Waals surface area (Å²) >= 11 is 0. The van der Waals surface area contributed by atoms with Crippen molar-refractivity contribution < 1.29 is 9.53 Å². The van der Waals surface area contributed by atoms with Gasteiger partial charge >= 0.3 is 0 Å². The summed E-state index contributed by atoms with van der Waals surface area (Å²) < 4.78 is 5.27. The number of carbonyl (C=O) groups is 1. The van der Waals surface area contributed by atoms with Crippen LogP contribution in [0.4, 0.5) is 5.69 Å². The van der Waals surface area contributed by atoms with Gasteiger partial charge in [-0.1, -0.05) is 36.4 Å². The molecule has 0 aliphatic carbocycles. The van der Waals surface area contributed by atoms with Crippen molar-refractivity contribution in [2.75, 3.05) is 5.32 Å². The highest BCUT2D eigenvalue weighted by molar-refractivity contribution is 5.99. The van der Waals surface area contributed by atoms with Crippen molar-refractivity contribution in [2.45, 2.75) is 0 Å². The van der Waals surface area contributed by atoms with Gasteiger partial charge in [0, 0.05) is 11.8 Å². The Kier molecular flexibility index (Phi) is 4.14. The molecular formula is C15H13NO2. The van der Waals surface area contributed by atoms with Crippen molar-refractivity contribution in [3.63, 3.8) is 0 Å². The Morgan fingerprint density at radius 2 is 1.56 bits per heavy atom. The minimum Gasteiger partial charge on any atom is -0.465 e. The zero-order valence-corrected chi connectivity index (χ0v) is 9.74. The van der Waals surface area contributed by atoms with Gasteiger partial charge in [0.25, 0.3) is 5.91 Å². The van der Waals surface area contributed by atoms with Crippen LogP contribution in [0.15, 0.2) is 73.0 Å². The number of hydrogen-bond acceptors (Lipinski definition) is 2. The molecule has 0 saturated carbocycles. The molecule has 0 aliphatic rings. The maximum absolute atomic E-state index is 11.5. The highest BCUT2D eigenvalue weighted by Crippen LogP contribution is 2.08. The van der Waals surface area contributed by atoms with Crippen molar-refractivity contribution >= 4 is 11.6 Å². The number of nitrogens with one attached hydrogen (secondary N) is 1. The first-order chi connectivity index (χ1) is 8.84. The van der Waals surface area contributed by atoms with Crippen LogP contribution in [-0.4, -0.2) is 5.91 Å². The van der Waals surface area contributed by atoms with E-state index in [4.69, 9.17) is 4.74 Å². The summed E-state index contributed by atoms with van der Waals surface area (Å²) in [7, 11) is 0. The molecule has 1 amide bonds. The molecule has 0 heterocycles. The summed E-state index contributed by atoms with van der Waals surface area (Å²) in [5.41, 5.74) is 0.756. The van der Waals surface area contributed by atoms with Gasteiger partial charge in [0.1, 0.15) is 5.75 Å². The van der Waals surface area contributed by atoms with E-state index >= 15 is 0 Å². The molecule has 2 rings (SSSR count). The molecule has 0 aliphatic heterocycles. The smallest absolute Gasteiger partial charge is 0.251 e. The van der Waals surface area contributed by atoms with Crippen molar-refractivity contribution in [1.29, 1.82) is 0 Å². The Hall–Kier alpha value is -2.55. The van der Waals surface area contributed by atoms with Crippen molar-refractivity contribution in [3.05, 3.63) is 73.0 Å². The Morgan fingerprint density at radius 1 is 0.944 bits per heavy atom. The van der Waals surface area contributed by atoms with Crippen LogP contribution in [0.5, 0.6) is 5.75 Å². The predicted octanol–water partition coefficient (Wildman–Crippen LogP) is 3.22. The van der Waals surface area contributed by atoms with Crippen LogP contribution in [0.3, 0.4) is 0 Å². The zero-order chi connectivity index (χ0) is 12.6. The molecule has 0 unspecified atom stereocenters. The molecule has 0 bridgehead atoms. The third-order valence-corrected chi connectivity index (χ3v) is 2.21. The van der Waals surface area contributed by atoms with Gasteiger partial charge in [-0.2, -0.15) is 0 Å². The topological polar surface area (TPSA) is 38.3 Å². The van der Waals surface area contributed by atoms with Crippen LogP contribution >= 0.6 is 0 Å². The van der Waals surface area contributed by atoms with Crippen LogP contribution in [-0.2, 0) is 4.79 Å². The van der Waals surface area contributed by atoms with Crippen LogP contribution in [0.25, 0.3) is 0 Å². The van der Waals surface area contributed by atoms with Gasteiger partial charge < -0.3 is 10.1 Å². The number of para-hydroxylation sites is 2. The van der Waals surface area contributed by atoms with Gasteiger partial charge in [0.05, 0.1) is 6.26 Å². The third-order valence-electron chi connectivity index (χ3n) is 2.21. The summed E-state index contributed by atoms with van der Waals surface area (Å²) in [5, 5.41) is 2.72. The zero-order valence-electron chi connectivity index (χ0n) is 9.74. The van der Waals surface area contributed by atoms with Gasteiger partial charge in [-0.3, -0.25) is 4.79 Å². The summed E-state index contributed by atoms with van der Waals surface area (Å²) in [6.07, 6.45) is 2.72. The Balaban J connectivity index is 1.85. The second-order valence-electron chi connectivity index (χ2n) is 3.59. The van der Waals surface area contributed by atoms with E-state index < -0.39 is 0 Å². The highest BCUT2D eigenvalue weighted by Gasteiger charge is 1.96. The lowest BCUT2D eigenvalue weighted by atomic mass is 10.3. The van der Waals surface area contributed by atoms with E-state index in [0.717, 1.165) is 5.69 Å². The van der Waals surface area contributed by atoms with Crippen LogP contribution in [0.2, 0.25) is 0 Å². The van der Waals surface area contributed by atoms with Crippen molar-refractivity contribution in [3.8, 4) is 5.75 Å². The lowest BCUT2D eigenvalue weighted by Gasteiger charge is -2.01. The summed E-state index contributed by atoms with van der Waals surface area (Å²) in [4.78, 5) is 11.5. The number of hydrogen-bond donors (Lipinski definition) is 1. The van der Waals surface area contributed by atoms with Gasteiger partial charge in [0.15, 0.2) is 0 Å². The van der Waals surface area contributed by atoms with Crippen LogP contribution in [0.1, 0.15) is 0 Å². The molecule has 90 valence electrons. The second-order valence-corrected chi connectivity index (χ2v) is 3.59. The number of carbonyl (C=O) groups excluding carboxylic acids is 1. The first-order valence-electron chi connectivity index (χ1n) is 5.59. The van der Waals surface area contributed by atoms with E-state index in [9.17, 15) is 4.79 Å². The SMILES string of the molecule is O=C(/C=C\Oc1ccccc1)Nc1ccccc1. The molecule has 3 nitrogen and oxygen atoms in total. The number of ether oxygens (including phenoxy) is 1. The lowest BCUT2D eigenvalue weighted by molar-refractivity contribution is -0.112. The van der Waals surface area contributed by atoms with Crippen LogP contribution < -0.4 is 10.1 Å². The average molecular weight is 239 g/mol. The first-order valence-corrected chi connectivity index (χ1v) is 5.59. The molecule has 1 N–H and O–H groups in total. The fraction of sp³-hybridized carbons (Fsp3) is 0. The molecule has 0 spiro atoms. The molecular weight excluding hydrogens is 226 g/mol. The van der Waals surface area contributed by atoms with Gasteiger partial charge in [-0.05, 0) is 24.3 Å². The van der Waals surface area contributed by atoms with E-state index in [2.05, 4.69) is 5.32 Å². The largest absolute Gasteiger partial charge is 0.465 e. The Morgan fingerprint density at radius 3 is 2.22 bits per heavy atom. The predicted molar refractivity (Wildman–Crippen MR) is 71.3 cm³/mol. The van der Waals surface area contributed by atoms with Crippen molar-refractivity contribution in [1.82, 2.24) is 0 Å². The van der Waals surface area contributed by atoms with Crippen LogP contribution in [0, 0.1) is 0 Å². The summed E-state index contributed by atoms with van der Waals surface area (Å²) in [5.74, 6) is 0.471. The van der Waals surface area contributed by atoms with E-state index in [1.54, 1.807) is 0 Å². The van der Waals surface area contributed by atoms with Gasteiger partial charge in [0.2, 0.25) is 0 Å². The van der Waals surface area contributed by atoms with Crippen molar-refractivity contribution in [2.24, 2.45) is 0 Å². The van der Waals surface area contributed by atoms with E-state index in [0.29, 0.717) is 5.75 Å². The highest BCUT2D eigenvalue weighted by atomic mass is 16.5. The quantitative estimate of drug-likeness (QED) is 0.657. The molecule has 2 aromatic carbocycles. The van der Waals surface area contributed by atoms with E-state index in [-0.39, 0.29) is 5.91 Å². The normalized spacial score (nSPS) is 10.2. The average Bonchev–Trinajstić information content (AvgIpc) is 2.41. The molecule has 0 atom stereocenters. The van der Waals surface area contributed by atoms with E-state index in [1.807, 2.05) is 60.7 Å². The monoisotopic (exact) mass is 239 g/mol. The summed E-state index contributed by atoms with van der Waals surface area (Å²) in [6, 6.07) is 18.5. The fourth-order valence-corrected chi connectivity index (χ4v) is 1.38. The fourth-order valence-electron chi connectivity index (χ4n) is 1.38. The molecule has 0 fully saturated rings. The minimum absolute atomic E-state index is 0.225. The maximum Gasteiger partial charge on any atom is 0.251 e. The first kappa shape index (κ1) is 11.9. The van der Waals surface area contributed by atoms with Gasteiger partial charge in [-0.25, -0.2) is 0 Å². The Labute approximate surface area is 106 Å². The number of benzene rings is 2. The Bertz CT molecular complexity index is 521. The van der Waals surface area contributed by atoms with Gasteiger partial charge in [-0.15, -0.1) is 0 Å². The molecule has 0 aromatic heterocycles. The molecule has 0 saturated heterocycles. The number of rotatable bonds is 4. The second kappa shape index (κ2) is 6.25. The molecule has 2 aromatic rings. The maximum atomic E-state index is 11.5. The molecule has 18 heavy (non-hydrogen) atoms. The summed E-state index contributed by atoms with van der Waals surface area (Å²) in [6.45, 7) is 0.